The molecule has 0 spiro atoms. The minimum absolute atomic E-state index is 0.0853. The molecule has 0 aromatic heterocycles. The lowest BCUT2D eigenvalue weighted by Gasteiger charge is -2.23. The molecule has 0 heterocycles. The van der Waals surface area contributed by atoms with Gasteiger partial charge in [-0.15, -0.1) is 0 Å². The highest BCUT2D eigenvalue weighted by Gasteiger charge is 2.13. The van der Waals surface area contributed by atoms with E-state index >= 15 is 0 Å². The van der Waals surface area contributed by atoms with E-state index in [4.69, 9.17) is 5.73 Å². The number of hydrogen-bond acceptors (Lipinski definition) is 2. The SMILES string of the molecule is CCCCNC(N)=NCC(c1ccc(F)cc1)N(C)C. The summed E-state index contributed by atoms with van der Waals surface area (Å²) in [4.78, 5) is 6.42. The number of nitrogens with zero attached hydrogens (tertiary/aromatic N) is 2. The Kier molecular flexibility index (Phi) is 7.01. The summed E-state index contributed by atoms with van der Waals surface area (Å²) in [7, 11) is 3.95. The fraction of sp³-hybridized carbons (Fsp3) is 0.533. The normalized spacial score (nSPS) is 13.6. The van der Waals surface area contributed by atoms with Crippen LogP contribution in [0.1, 0.15) is 31.4 Å². The third kappa shape index (κ3) is 5.57. The predicted octanol–water partition coefficient (Wildman–Crippen LogP) is 2.13. The minimum atomic E-state index is -0.226. The molecule has 1 aromatic carbocycles. The number of nitrogens with one attached hydrogen (secondary N) is 1. The summed E-state index contributed by atoms with van der Waals surface area (Å²) in [6.45, 7) is 3.52. The van der Waals surface area contributed by atoms with Crippen LogP contribution in [0.2, 0.25) is 0 Å². The van der Waals surface area contributed by atoms with Crippen molar-refractivity contribution in [2.75, 3.05) is 27.2 Å². The molecule has 3 N–H and O–H groups in total. The van der Waals surface area contributed by atoms with Crippen LogP contribution >= 0.6 is 0 Å². The summed E-state index contributed by atoms with van der Waals surface area (Å²) in [6.07, 6.45) is 2.20. The first-order valence-electron chi connectivity index (χ1n) is 7.00. The van der Waals surface area contributed by atoms with Crippen LogP contribution in [-0.4, -0.2) is 38.0 Å². The Labute approximate surface area is 120 Å². The molecule has 112 valence electrons. The number of rotatable bonds is 7. The van der Waals surface area contributed by atoms with Crippen molar-refractivity contribution in [3.8, 4) is 0 Å². The lowest BCUT2D eigenvalue weighted by Crippen LogP contribution is -2.33. The van der Waals surface area contributed by atoms with Gasteiger partial charge in [0.15, 0.2) is 5.96 Å². The molecule has 0 saturated heterocycles. The smallest absolute Gasteiger partial charge is 0.188 e. The molecule has 0 aliphatic heterocycles. The van der Waals surface area contributed by atoms with Gasteiger partial charge in [0.1, 0.15) is 5.82 Å². The molecule has 4 nitrogen and oxygen atoms in total. The molecule has 1 aromatic rings. The van der Waals surface area contributed by atoms with E-state index < -0.39 is 0 Å². The first-order valence-corrected chi connectivity index (χ1v) is 7.00. The molecule has 1 unspecified atom stereocenters. The van der Waals surface area contributed by atoms with Gasteiger partial charge in [-0.25, -0.2) is 4.39 Å². The number of unbranched alkanes of at least 4 members (excludes halogenated alkanes) is 1. The van der Waals surface area contributed by atoms with Crippen molar-refractivity contribution in [1.82, 2.24) is 10.2 Å². The van der Waals surface area contributed by atoms with E-state index in [1.54, 1.807) is 12.1 Å². The van der Waals surface area contributed by atoms with Gasteiger partial charge < -0.3 is 16.0 Å². The zero-order valence-corrected chi connectivity index (χ0v) is 12.6. The Hall–Kier alpha value is -1.62. The van der Waals surface area contributed by atoms with Crippen molar-refractivity contribution in [2.24, 2.45) is 10.7 Å². The molecule has 0 radical (unpaired) electrons. The molecule has 0 bridgehead atoms. The summed E-state index contributed by atoms with van der Waals surface area (Å²) in [5, 5.41) is 3.09. The maximum atomic E-state index is 13.0. The average Bonchev–Trinajstić information content (AvgIpc) is 2.41. The number of nitrogens with two attached hydrogens (primary N) is 1. The standard InChI is InChI=1S/C15H25FN4/c1-4-5-10-18-15(17)19-11-14(20(2)3)12-6-8-13(16)9-7-12/h6-9,14H,4-5,10-11H2,1-3H3,(H3,17,18,19). The molecule has 0 aliphatic rings. The van der Waals surface area contributed by atoms with Gasteiger partial charge >= 0.3 is 0 Å². The van der Waals surface area contributed by atoms with E-state index in [1.165, 1.54) is 12.1 Å². The third-order valence-corrected chi connectivity index (χ3v) is 3.15. The fourth-order valence-corrected chi connectivity index (χ4v) is 1.89. The monoisotopic (exact) mass is 280 g/mol. The van der Waals surface area contributed by atoms with Gasteiger partial charge in [0.25, 0.3) is 0 Å². The molecule has 0 aliphatic carbocycles. The Morgan fingerprint density at radius 3 is 2.55 bits per heavy atom. The van der Waals surface area contributed by atoms with Gasteiger partial charge in [-0.2, -0.15) is 0 Å². The number of hydrogen-bond donors (Lipinski definition) is 2. The Bertz CT molecular complexity index is 414. The zero-order valence-electron chi connectivity index (χ0n) is 12.6. The largest absolute Gasteiger partial charge is 0.370 e. The molecule has 1 rings (SSSR count). The topological polar surface area (TPSA) is 53.6 Å². The Morgan fingerprint density at radius 1 is 1.35 bits per heavy atom. The second kappa shape index (κ2) is 8.53. The maximum absolute atomic E-state index is 13.0. The van der Waals surface area contributed by atoms with Gasteiger partial charge in [0.05, 0.1) is 12.6 Å². The van der Waals surface area contributed by atoms with Crippen molar-refractivity contribution >= 4 is 5.96 Å². The number of benzene rings is 1. The summed E-state index contributed by atoms with van der Waals surface area (Å²) in [5.74, 6) is 0.239. The highest BCUT2D eigenvalue weighted by atomic mass is 19.1. The predicted molar refractivity (Wildman–Crippen MR) is 82.2 cm³/mol. The van der Waals surface area contributed by atoms with E-state index in [9.17, 15) is 4.39 Å². The first kappa shape index (κ1) is 16.4. The minimum Gasteiger partial charge on any atom is -0.370 e. The fourth-order valence-electron chi connectivity index (χ4n) is 1.89. The van der Waals surface area contributed by atoms with Crippen molar-refractivity contribution in [3.63, 3.8) is 0 Å². The number of likely N-dealkylation sites (N-methyl/N-ethyl adjacent to an activating group) is 1. The van der Waals surface area contributed by atoms with Crippen LogP contribution in [0.4, 0.5) is 4.39 Å². The Balaban J connectivity index is 2.63. The van der Waals surface area contributed by atoms with E-state index in [0.717, 1.165) is 24.9 Å². The lowest BCUT2D eigenvalue weighted by atomic mass is 10.1. The first-order chi connectivity index (χ1) is 9.54. The number of guanidine groups is 1. The van der Waals surface area contributed by atoms with Crippen LogP contribution in [0.3, 0.4) is 0 Å². The molecular weight excluding hydrogens is 255 g/mol. The highest BCUT2D eigenvalue weighted by Crippen LogP contribution is 2.18. The lowest BCUT2D eigenvalue weighted by molar-refractivity contribution is 0.306. The van der Waals surface area contributed by atoms with Gasteiger partial charge in [-0.3, -0.25) is 4.99 Å². The highest BCUT2D eigenvalue weighted by molar-refractivity contribution is 5.77. The zero-order chi connectivity index (χ0) is 15.0. The van der Waals surface area contributed by atoms with E-state index in [1.807, 2.05) is 14.1 Å². The van der Waals surface area contributed by atoms with Crippen molar-refractivity contribution in [2.45, 2.75) is 25.8 Å². The molecule has 0 fully saturated rings. The quantitative estimate of drug-likeness (QED) is 0.457. The molecule has 0 amide bonds. The number of aliphatic imine (C=N–C) groups is 1. The van der Waals surface area contributed by atoms with E-state index in [0.29, 0.717) is 12.5 Å². The third-order valence-electron chi connectivity index (χ3n) is 3.15. The van der Waals surface area contributed by atoms with Crippen molar-refractivity contribution in [1.29, 1.82) is 0 Å². The Morgan fingerprint density at radius 2 is 2.00 bits per heavy atom. The van der Waals surface area contributed by atoms with Gasteiger partial charge in [0.2, 0.25) is 0 Å². The molecule has 20 heavy (non-hydrogen) atoms. The molecule has 0 saturated carbocycles. The van der Waals surface area contributed by atoms with Gasteiger partial charge in [-0.05, 0) is 38.2 Å². The summed E-state index contributed by atoms with van der Waals surface area (Å²) < 4.78 is 13.0. The van der Waals surface area contributed by atoms with Crippen LogP contribution in [0.15, 0.2) is 29.3 Å². The van der Waals surface area contributed by atoms with Crippen molar-refractivity contribution < 1.29 is 4.39 Å². The number of halogens is 1. The van der Waals surface area contributed by atoms with Crippen molar-refractivity contribution in [3.05, 3.63) is 35.6 Å². The second-order valence-electron chi connectivity index (χ2n) is 5.04. The van der Waals surface area contributed by atoms with E-state index in [-0.39, 0.29) is 11.9 Å². The maximum Gasteiger partial charge on any atom is 0.188 e. The van der Waals surface area contributed by atoms with Crippen LogP contribution < -0.4 is 11.1 Å². The second-order valence-corrected chi connectivity index (χ2v) is 5.04. The van der Waals surface area contributed by atoms with Crippen LogP contribution in [0.5, 0.6) is 0 Å². The van der Waals surface area contributed by atoms with E-state index in [2.05, 4.69) is 22.1 Å². The summed E-state index contributed by atoms with van der Waals surface area (Å²) in [5.41, 5.74) is 6.85. The van der Waals surface area contributed by atoms with Crippen LogP contribution in [-0.2, 0) is 0 Å². The van der Waals surface area contributed by atoms with Crippen LogP contribution in [0.25, 0.3) is 0 Å². The summed E-state index contributed by atoms with van der Waals surface area (Å²) >= 11 is 0. The van der Waals surface area contributed by atoms with Crippen LogP contribution in [0, 0.1) is 5.82 Å². The van der Waals surface area contributed by atoms with Gasteiger partial charge in [0, 0.05) is 6.54 Å². The molecule has 5 heteroatoms. The molecular formula is C15H25FN4. The van der Waals surface area contributed by atoms with Gasteiger partial charge in [-0.1, -0.05) is 25.5 Å². The average molecular weight is 280 g/mol. The molecule has 1 atom stereocenters. The summed E-state index contributed by atoms with van der Waals surface area (Å²) in [6, 6.07) is 6.60.